The van der Waals surface area contributed by atoms with Gasteiger partial charge in [0.15, 0.2) is 0 Å². The predicted octanol–water partition coefficient (Wildman–Crippen LogP) is 3.26. The van der Waals surface area contributed by atoms with Gasteiger partial charge in [0.1, 0.15) is 0 Å². The van der Waals surface area contributed by atoms with Crippen molar-refractivity contribution in [2.75, 3.05) is 0 Å². The summed E-state index contributed by atoms with van der Waals surface area (Å²) in [5.74, 6) is 0. The molecule has 0 nitrogen and oxygen atoms in total. The van der Waals surface area contributed by atoms with Gasteiger partial charge < -0.3 is 0 Å². The Hall–Kier alpha value is 0.137. The Labute approximate surface area is 126 Å². The first-order valence-corrected chi connectivity index (χ1v) is 15.2. The van der Waals surface area contributed by atoms with Gasteiger partial charge in [-0.1, -0.05) is 0 Å². The van der Waals surface area contributed by atoms with Crippen LogP contribution in [0.15, 0.2) is 60.7 Å². The van der Waals surface area contributed by atoms with Crippen LogP contribution in [0.3, 0.4) is 0 Å². The fraction of sp³-hybridized carbons (Fsp3) is 0.143. The summed E-state index contributed by atoms with van der Waals surface area (Å²) in [6.45, 7) is 0. The van der Waals surface area contributed by atoms with Crippen molar-refractivity contribution in [1.82, 2.24) is 0 Å². The minimum absolute atomic E-state index is 1.09. The monoisotopic (exact) mass is 402 g/mol. The van der Waals surface area contributed by atoms with Crippen LogP contribution in [-0.4, -0.2) is 27.4 Å². The zero-order valence-corrected chi connectivity index (χ0v) is 15.1. The molecule has 0 aliphatic rings. The minimum atomic E-state index is -1.39. The van der Waals surface area contributed by atoms with Gasteiger partial charge in [-0.2, -0.15) is 0 Å². The first kappa shape index (κ1) is 14.5. The van der Waals surface area contributed by atoms with Crippen molar-refractivity contribution in [2.24, 2.45) is 0 Å². The van der Waals surface area contributed by atoms with Crippen molar-refractivity contribution >= 4 is 56.0 Å². The molecule has 94 valence electrons. The summed E-state index contributed by atoms with van der Waals surface area (Å²) in [6.07, 6.45) is 0. The SMILES string of the molecule is Cl[As](CC[As](Cl)c1ccccc1)c1ccccc1. The second-order valence-electron chi connectivity index (χ2n) is 3.84. The molecule has 2 atom stereocenters. The zero-order valence-electron chi connectivity index (χ0n) is 9.84. The summed E-state index contributed by atoms with van der Waals surface area (Å²) >= 11 is -2.77. The summed E-state index contributed by atoms with van der Waals surface area (Å²) < 4.78 is 2.66. The van der Waals surface area contributed by atoms with Gasteiger partial charge in [-0.3, -0.25) is 0 Å². The van der Waals surface area contributed by atoms with Crippen molar-refractivity contribution in [2.45, 2.75) is 10.4 Å². The summed E-state index contributed by atoms with van der Waals surface area (Å²) in [4.78, 5) is 0. The normalized spacial score (nSPS) is 14.1. The predicted molar refractivity (Wildman–Crippen MR) is 85.0 cm³/mol. The van der Waals surface area contributed by atoms with Gasteiger partial charge in [-0.15, -0.1) is 0 Å². The Morgan fingerprint density at radius 1 is 0.611 bits per heavy atom. The zero-order chi connectivity index (χ0) is 12.8. The molecular weight excluding hydrogens is 389 g/mol. The molecule has 0 radical (unpaired) electrons. The van der Waals surface area contributed by atoms with Crippen LogP contribution in [0.1, 0.15) is 0 Å². The molecule has 0 aliphatic carbocycles. The molecule has 2 aromatic carbocycles. The van der Waals surface area contributed by atoms with Crippen molar-refractivity contribution in [3.63, 3.8) is 0 Å². The van der Waals surface area contributed by atoms with Crippen molar-refractivity contribution in [3.05, 3.63) is 60.7 Å². The molecule has 0 saturated heterocycles. The molecule has 0 bridgehead atoms. The topological polar surface area (TPSA) is 0 Å². The van der Waals surface area contributed by atoms with E-state index >= 15 is 0 Å². The third-order valence-electron chi connectivity index (χ3n) is 2.57. The van der Waals surface area contributed by atoms with Crippen LogP contribution in [0.2, 0.25) is 10.4 Å². The molecule has 0 heterocycles. The molecule has 0 aromatic heterocycles. The standard InChI is InChI=1S/C14H14As2Cl2/c17-15(13-7-3-1-4-8-13)11-12-16(18)14-9-5-2-6-10-14/h1-10H,11-12H2. The number of hydrogen-bond donors (Lipinski definition) is 0. The number of hydrogen-bond acceptors (Lipinski definition) is 0. The van der Waals surface area contributed by atoms with E-state index in [9.17, 15) is 0 Å². The summed E-state index contributed by atoms with van der Waals surface area (Å²) in [7, 11) is 13.1. The van der Waals surface area contributed by atoms with E-state index in [-0.39, 0.29) is 0 Å². The Balaban J connectivity index is 1.89. The van der Waals surface area contributed by atoms with Crippen LogP contribution in [-0.2, 0) is 0 Å². The summed E-state index contributed by atoms with van der Waals surface area (Å²) in [5, 5.41) is 2.19. The van der Waals surface area contributed by atoms with Crippen LogP contribution < -0.4 is 8.70 Å². The maximum atomic E-state index is 6.55. The van der Waals surface area contributed by atoms with Gasteiger partial charge in [0.2, 0.25) is 0 Å². The number of rotatable bonds is 5. The average Bonchev–Trinajstić information content (AvgIpc) is 2.46. The molecular formula is C14H14As2Cl2. The van der Waals surface area contributed by atoms with E-state index in [1.165, 1.54) is 8.70 Å². The van der Waals surface area contributed by atoms with E-state index in [4.69, 9.17) is 19.9 Å². The van der Waals surface area contributed by atoms with Crippen LogP contribution >= 0.6 is 19.9 Å². The molecule has 2 aromatic rings. The average molecular weight is 403 g/mol. The molecule has 0 amide bonds. The third kappa shape index (κ3) is 4.36. The van der Waals surface area contributed by atoms with Gasteiger partial charge in [0.25, 0.3) is 0 Å². The third-order valence-corrected chi connectivity index (χ3v) is 14.2. The van der Waals surface area contributed by atoms with E-state index in [0.717, 1.165) is 10.4 Å². The fourth-order valence-corrected chi connectivity index (χ4v) is 14.6. The molecule has 0 spiro atoms. The Morgan fingerprint density at radius 2 is 0.944 bits per heavy atom. The van der Waals surface area contributed by atoms with E-state index in [1.807, 2.05) is 12.1 Å². The molecule has 0 N–H and O–H groups in total. The Bertz CT molecular complexity index is 416. The molecule has 2 rings (SSSR count). The van der Waals surface area contributed by atoms with Crippen LogP contribution in [0.4, 0.5) is 0 Å². The van der Waals surface area contributed by atoms with Gasteiger partial charge in [-0.25, -0.2) is 0 Å². The van der Waals surface area contributed by atoms with Crippen molar-refractivity contribution < 1.29 is 0 Å². The number of halogens is 2. The fourth-order valence-electron chi connectivity index (χ4n) is 1.61. The number of benzene rings is 2. The van der Waals surface area contributed by atoms with E-state index in [0.29, 0.717) is 0 Å². The molecule has 0 aliphatic heterocycles. The van der Waals surface area contributed by atoms with E-state index < -0.39 is 27.4 Å². The van der Waals surface area contributed by atoms with Crippen LogP contribution in [0, 0.1) is 0 Å². The Morgan fingerprint density at radius 3 is 1.28 bits per heavy atom. The molecule has 4 heteroatoms. The van der Waals surface area contributed by atoms with Crippen molar-refractivity contribution in [1.29, 1.82) is 0 Å². The molecule has 18 heavy (non-hydrogen) atoms. The first-order valence-electron chi connectivity index (χ1n) is 5.74. The van der Waals surface area contributed by atoms with Gasteiger partial charge in [0, 0.05) is 0 Å². The second kappa shape index (κ2) is 7.66. The molecule has 0 fully saturated rings. The van der Waals surface area contributed by atoms with Crippen molar-refractivity contribution in [3.8, 4) is 0 Å². The van der Waals surface area contributed by atoms with Crippen LogP contribution in [0.25, 0.3) is 0 Å². The first-order chi connectivity index (χ1) is 8.77. The van der Waals surface area contributed by atoms with Gasteiger partial charge in [-0.05, 0) is 0 Å². The van der Waals surface area contributed by atoms with E-state index in [1.54, 1.807) is 0 Å². The van der Waals surface area contributed by atoms with Crippen LogP contribution in [0.5, 0.6) is 0 Å². The molecule has 2 unspecified atom stereocenters. The summed E-state index contributed by atoms with van der Waals surface area (Å²) in [5.41, 5.74) is 0. The second-order valence-corrected chi connectivity index (χ2v) is 15.2. The summed E-state index contributed by atoms with van der Waals surface area (Å²) in [6, 6.07) is 20.9. The molecule has 0 saturated carbocycles. The quantitative estimate of drug-likeness (QED) is 0.673. The van der Waals surface area contributed by atoms with E-state index in [2.05, 4.69) is 48.5 Å². The maximum absolute atomic E-state index is 6.55. The van der Waals surface area contributed by atoms with Gasteiger partial charge >= 0.3 is 127 Å². The van der Waals surface area contributed by atoms with Gasteiger partial charge in [0.05, 0.1) is 0 Å². The Kier molecular flexibility index (Phi) is 6.19.